The first-order chi connectivity index (χ1) is 14.3. The van der Waals surface area contributed by atoms with Crippen LogP contribution >= 0.6 is 0 Å². The summed E-state index contributed by atoms with van der Waals surface area (Å²) in [6.45, 7) is 20.2. The molecular formula is C30H48O. The Morgan fingerprint density at radius 1 is 0.774 bits per heavy atom. The van der Waals surface area contributed by atoms with Gasteiger partial charge in [-0.25, -0.2) is 0 Å². The zero-order valence-corrected chi connectivity index (χ0v) is 21.6. The van der Waals surface area contributed by atoms with Crippen molar-refractivity contribution in [1.82, 2.24) is 0 Å². The quantitative estimate of drug-likeness (QED) is 0.418. The molecule has 1 heteroatoms. The van der Waals surface area contributed by atoms with Gasteiger partial charge in [-0.2, -0.15) is 0 Å². The topological polar surface area (TPSA) is 20.2 Å². The van der Waals surface area contributed by atoms with Crippen molar-refractivity contribution in [2.45, 2.75) is 113 Å². The van der Waals surface area contributed by atoms with Gasteiger partial charge in [-0.1, -0.05) is 78.7 Å². The molecule has 5 aliphatic rings. The smallest absolute Gasteiger partial charge is 0.0594 e. The Hall–Kier alpha value is -0.560. The van der Waals surface area contributed by atoms with Gasteiger partial charge in [-0.3, -0.25) is 0 Å². The second-order valence-electron chi connectivity index (χ2n) is 14.3. The van der Waals surface area contributed by atoms with Gasteiger partial charge in [0.15, 0.2) is 0 Å². The van der Waals surface area contributed by atoms with Gasteiger partial charge in [0.25, 0.3) is 0 Å². The van der Waals surface area contributed by atoms with Gasteiger partial charge in [-0.15, -0.1) is 0 Å². The first-order valence-corrected chi connectivity index (χ1v) is 13.4. The molecular weight excluding hydrogens is 376 g/mol. The van der Waals surface area contributed by atoms with E-state index in [0.29, 0.717) is 16.7 Å². The van der Waals surface area contributed by atoms with E-state index >= 15 is 0 Å². The van der Waals surface area contributed by atoms with E-state index in [1.54, 1.807) is 5.57 Å². The molecule has 0 aliphatic heterocycles. The van der Waals surface area contributed by atoms with Crippen LogP contribution in [0.1, 0.15) is 107 Å². The summed E-state index contributed by atoms with van der Waals surface area (Å²) in [6, 6.07) is 0. The lowest BCUT2D eigenvalue weighted by Crippen LogP contribution is -2.61. The molecule has 0 aromatic carbocycles. The van der Waals surface area contributed by atoms with E-state index in [1.807, 2.05) is 5.57 Å². The summed E-state index contributed by atoms with van der Waals surface area (Å²) in [5, 5.41) is 10.9. The summed E-state index contributed by atoms with van der Waals surface area (Å²) in [7, 11) is 0. The minimum Gasteiger partial charge on any atom is -0.393 e. The van der Waals surface area contributed by atoms with Crippen LogP contribution in [-0.2, 0) is 0 Å². The van der Waals surface area contributed by atoms with E-state index in [4.69, 9.17) is 0 Å². The predicted octanol–water partition coefficient (Wildman–Crippen LogP) is 7.94. The van der Waals surface area contributed by atoms with E-state index in [-0.39, 0.29) is 22.3 Å². The SMILES string of the molecule is C[C@@H]1CC[C@]2(C)CC[C@]3(C)C(=CC=C4[C@@]5(C)CC[C@H](O)C(C)(C)C5CC[C@]43C)C2[C@H]1C. The van der Waals surface area contributed by atoms with Crippen molar-refractivity contribution in [3.63, 3.8) is 0 Å². The zero-order valence-electron chi connectivity index (χ0n) is 21.6. The number of allylic oxidation sites excluding steroid dienone is 4. The Morgan fingerprint density at radius 3 is 2.19 bits per heavy atom. The second kappa shape index (κ2) is 6.52. The molecule has 31 heavy (non-hydrogen) atoms. The normalized spacial score (nSPS) is 55.7. The van der Waals surface area contributed by atoms with E-state index in [2.05, 4.69) is 67.5 Å². The lowest BCUT2D eigenvalue weighted by atomic mass is 9.36. The molecule has 174 valence electrons. The van der Waals surface area contributed by atoms with Crippen LogP contribution in [0.2, 0.25) is 0 Å². The van der Waals surface area contributed by atoms with Crippen LogP contribution in [0.3, 0.4) is 0 Å². The highest BCUT2D eigenvalue weighted by molar-refractivity contribution is 5.45. The minimum absolute atomic E-state index is 0.0124. The third-order valence-corrected chi connectivity index (χ3v) is 12.8. The summed E-state index contributed by atoms with van der Waals surface area (Å²) >= 11 is 0. The van der Waals surface area contributed by atoms with Gasteiger partial charge in [0.05, 0.1) is 6.10 Å². The molecule has 0 amide bonds. The molecule has 0 radical (unpaired) electrons. The van der Waals surface area contributed by atoms with E-state index in [1.165, 1.54) is 38.5 Å². The van der Waals surface area contributed by atoms with E-state index in [9.17, 15) is 5.11 Å². The minimum atomic E-state index is -0.152. The number of aliphatic hydroxyl groups is 1. The number of hydrogen-bond acceptors (Lipinski definition) is 1. The van der Waals surface area contributed by atoms with Gasteiger partial charge in [0.2, 0.25) is 0 Å². The Kier molecular flexibility index (Phi) is 4.68. The first kappa shape index (κ1) is 22.2. The molecule has 9 atom stereocenters. The molecule has 0 spiro atoms. The van der Waals surface area contributed by atoms with Crippen LogP contribution in [0.5, 0.6) is 0 Å². The van der Waals surface area contributed by atoms with Gasteiger partial charge < -0.3 is 5.11 Å². The summed E-state index contributed by atoms with van der Waals surface area (Å²) in [4.78, 5) is 0. The number of aliphatic hydroxyl groups excluding tert-OH is 1. The summed E-state index contributed by atoms with van der Waals surface area (Å²) < 4.78 is 0. The van der Waals surface area contributed by atoms with Crippen LogP contribution in [0.25, 0.3) is 0 Å². The van der Waals surface area contributed by atoms with Crippen LogP contribution in [0.15, 0.2) is 23.3 Å². The molecule has 0 bridgehead atoms. The summed E-state index contributed by atoms with van der Waals surface area (Å²) in [5.41, 5.74) is 4.84. The Labute approximate surface area is 192 Å². The van der Waals surface area contributed by atoms with Crippen molar-refractivity contribution in [1.29, 1.82) is 0 Å². The summed E-state index contributed by atoms with van der Waals surface area (Å²) in [5.74, 6) is 2.97. The van der Waals surface area contributed by atoms with E-state index in [0.717, 1.165) is 30.6 Å². The Morgan fingerprint density at radius 2 is 1.48 bits per heavy atom. The maximum Gasteiger partial charge on any atom is 0.0594 e. The molecule has 0 heterocycles. The maximum absolute atomic E-state index is 10.9. The van der Waals surface area contributed by atoms with Crippen LogP contribution in [-0.4, -0.2) is 11.2 Å². The van der Waals surface area contributed by atoms with Crippen molar-refractivity contribution in [2.75, 3.05) is 0 Å². The van der Waals surface area contributed by atoms with E-state index < -0.39 is 0 Å². The second-order valence-corrected chi connectivity index (χ2v) is 14.3. The molecule has 5 rings (SSSR count). The van der Waals surface area contributed by atoms with Crippen molar-refractivity contribution in [2.24, 2.45) is 50.7 Å². The molecule has 4 fully saturated rings. The average molecular weight is 425 g/mol. The monoisotopic (exact) mass is 424 g/mol. The lowest BCUT2D eigenvalue weighted by molar-refractivity contribution is -0.126. The molecule has 0 saturated heterocycles. The molecule has 1 N–H and O–H groups in total. The van der Waals surface area contributed by atoms with Crippen LogP contribution in [0, 0.1) is 50.7 Å². The highest BCUT2D eigenvalue weighted by atomic mass is 16.3. The van der Waals surface area contributed by atoms with Crippen molar-refractivity contribution in [3.05, 3.63) is 23.3 Å². The van der Waals surface area contributed by atoms with Gasteiger partial charge in [0.1, 0.15) is 0 Å². The molecule has 2 unspecified atom stereocenters. The third kappa shape index (κ3) is 2.59. The summed E-state index contributed by atoms with van der Waals surface area (Å²) in [6.07, 6.45) is 15.3. The standard InChI is InChI=1S/C30H48O/c1-19-11-14-27(5)17-18-29(7)21(25(27)20(19)2)9-10-23-28(6)15-13-24(31)26(3,4)22(28)12-16-30(23,29)8/h9-10,19-20,22,24-25,31H,11-18H2,1-8H3/t19-,20+,22?,24+,25?,27-,28+,29-,30-/m1/s1. The lowest BCUT2D eigenvalue weighted by Gasteiger charge is -2.69. The average Bonchev–Trinajstić information content (AvgIpc) is 2.69. The van der Waals surface area contributed by atoms with Crippen LogP contribution in [0.4, 0.5) is 0 Å². The number of fused-ring (bicyclic) bond motifs is 7. The zero-order chi connectivity index (χ0) is 22.6. The fourth-order valence-corrected chi connectivity index (χ4v) is 10.2. The largest absolute Gasteiger partial charge is 0.393 e. The fourth-order valence-electron chi connectivity index (χ4n) is 10.2. The van der Waals surface area contributed by atoms with Crippen LogP contribution < -0.4 is 0 Å². The highest BCUT2D eigenvalue weighted by Crippen LogP contribution is 2.74. The third-order valence-electron chi connectivity index (χ3n) is 12.8. The van der Waals surface area contributed by atoms with Gasteiger partial charge in [-0.05, 0) is 102 Å². The first-order valence-electron chi connectivity index (χ1n) is 13.4. The predicted molar refractivity (Wildman–Crippen MR) is 131 cm³/mol. The van der Waals surface area contributed by atoms with Crippen molar-refractivity contribution < 1.29 is 5.11 Å². The van der Waals surface area contributed by atoms with Crippen molar-refractivity contribution in [3.8, 4) is 0 Å². The van der Waals surface area contributed by atoms with Crippen molar-refractivity contribution >= 4 is 0 Å². The Bertz CT molecular complexity index is 833. The Balaban J connectivity index is 1.64. The molecule has 0 aromatic heterocycles. The number of hydrogen-bond donors (Lipinski definition) is 1. The molecule has 1 nitrogen and oxygen atoms in total. The molecule has 5 aliphatic carbocycles. The molecule has 4 saturated carbocycles. The highest BCUT2D eigenvalue weighted by Gasteiger charge is 2.65. The fraction of sp³-hybridized carbons (Fsp3) is 0.867. The number of rotatable bonds is 0. The maximum atomic E-state index is 10.9. The van der Waals surface area contributed by atoms with Gasteiger partial charge in [0, 0.05) is 0 Å². The van der Waals surface area contributed by atoms with Gasteiger partial charge >= 0.3 is 0 Å². The molecule has 0 aromatic rings.